The number of nitriles is 1. The third kappa shape index (κ3) is 1.99. The van der Waals surface area contributed by atoms with E-state index in [1.54, 1.807) is 19.0 Å². The van der Waals surface area contributed by atoms with E-state index in [0.717, 1.165) is 32.4 Å². The second-order valence-electron chi connectivity index (χ2n) is 5.76. The average Bonchev–Trinajstić information content (AvgIpc) is 2.83. The highest BCUT2D eigenvalue weighted by atomic mass is 16.2. The van der Waals surface area contributed by atoms with E-state index in [4.69, 9.17) is 0 Å². The predicted octanol–water partition coefficient (Wildman–Crippen LogP) is 1.93. The Morgan fingerprint density at radius 3 is 2.29 bits per heavy atom. The van der Waals surface area contributed by atoms with Gasteiger partial charge in [0.1, 0.15) is 0 Å². The van der Waals surface area contributed by atoms with Crippen molar-refractivity contribution in [2.45, 2.75) is 26.2 Å². The molecule has 4 heteroatoms. The molecule has 1 saturated heterocycles. The van der Waals surface area contributed by atoms with E-state index in [1.807, 2.05) is 4.90 Å². The number of amides is 2. The fourth-order valence-electron chi connectivity index (χ4n) is 3.39. The van der Waals surface area contributed by atoms with Crippen molar-refractivity contribution >= 4 is 6.03 Å². The maximum atomic E-state index is 11.9. The first-order chi connectivity index (χ1) is 8.01. The van der Waals surface area contributed by atoms with Crippen molar-refractivity contribution in [3.05, 3.63) is 0 Å². The third-order valence-corrected chi connectivity index (χ3v) is 4.45. The highest BCUT2D eigenvalue weighted by Crippen LogP contribution is 2.50. The lowest BCUT2D eigenvalue weighted by Crippen LogP contribution is -2.38. The number of hydrogen-bond acceptors (Lipinski definition) is 2. The first kappa shape index (κ1) is 12.2. The molecule has 0 aromatic heterocycles. The molecule has 1 saturated carbocycles. The number of fused-ring (bicyclic) bond motifs is 1. The predicted molar refractivity (Wildman–Crippen MR) is 65.2 cm³/mol. The quantitative estimate of drug-likeness (QED) is 0.697. The van der Waals surface area contributed by atoms with Crippen LogP contribution in [0.15, 0.2) is 0 Å². The molecule has 0 radical (unpaired) electrons. The topological polar surface area (TPSA) is 47.3 Å². The summed E-state index contributed by atoms with van der Waals surface area (Å²) in [4.78, 5) is 15.4. The van der Waals surface area contributed by atoms with Crippen molar-refractivity contribution in [1.29, 1.82) is 5.26 Å². The van der Waals surface area contributed by atoms with Gasteiger partial charge in [0.15, 0.2) is 0 Å². The summed E-state index contributed by atoms with van der Waals surface area (Å²) in [5.41, 5.74) is -0.109. The van der Waals surface area contributed by atoms with Gasteiger partial charge >= 0.3 is 6.03 Å². The number of hydrogen-bond donors (Lipinski definition) is 0. The van der Waals surface area contributed by atoms with E-state index < -0.39 is 0 Å². The van der Waals surface area contributed by atoms with Gasteiger partial charge in [-0.1, -0.05) is 6.92 Å². The molecule has 2 amide bonds. The Kier molecular flexibility index (Phi) is 3.03. The number of rotatable bonds is 1. The monoisotopic (exact) mass is 235 g/mol. The Morgan fingerprint density at radius 2 is 1.94 bits per heavy atom. The summed E-state index contributed by atoms with van der Waals surface area (Å²) in [5.74, 6) is 1.08. The molecule has 17 heavy (non-hydrogen) atoms. The Bertz CT molecular complexity index is 344. The van der Waals surface area contributed by atoms with Crippen molar-refractivity contribution in [2.75, 3.05) is 27.2 Å². The van der Waals surface area contributed by atoms with Gasteiger partial charge in [-0.2, -0.15) is 5.26 Å². The van der Waals surface area contributed by atoms with Crippen LogP contribution < -0.4 is 0 Å². The van der Waals surface area contributed by atoms with Crippen LogP contribution in [0.1, 0.15) is 26.2 Å². The SMILES string of the molecule is CCC1(C#N)CC2CN(C(=O)N(C)C)CC2C1. The Labute approximate surface area is 103 Å². The van der Waals surface area contributed by atoms with Gasteiger partial charge in [0.25, 0.3) is 0 Å². The highest BCUT2D eigenvalue weighted by Gasteiger charge is 2.49. The zero-order chi connectivity index (χ0) is 12.6. The van der Waals surface area contributed by atoms with E-state index in [0.29, 0.717) is 11.8 Å². The molecule has 94 valence electrons. The van der Waals surface area contributed by atoms with E-state index >= 15 is 0 Å². The molecule has 2 aliphatic rings. The smallest absolute Gasteiger partial charge is 0.319 e. The van der Waals surface area contributed by atoms with Crippen LogP contribution in [0.2, 0.25) is 0 Å². The Hall–Kier alpha value is -1.24. The summed E-state index contributed by atoms with van der Waals surface area (Å²) in [6.07, 6.45) is 2.89. The molecule has 0 aromatic carbocycles. The van der Waals surface area contributed by atoms with E-state index in [-0.39, 0.29) is 11.4 Å². The van der Waals surface area contributed by atoms with Gasteiger partial charge in [0.2, 0.25) is 0 Å². The molecule has 1 aliphatic carbocycles. The molecule has 2 unspecified atom stereocenters. The van der Waals surface area contributed by atoms with Crippen LogP contribution in [0.5, 0.6) is 0 Å². The average molecular weight is 235 g/mol. The minimum Gasteiger partial charge on any atom is -0.331 e. The molecular weight excluding hydrogens is 214 g/mol. The molecule has 0 N–H and O–H groups in total. The fraction of sp³-hybridized carbons (Fsp3) is 0.846. The van der Waals surface area contributed by atoms with Gasteiger partial charge < -0.3 is 9.80 Å². The van der Waals surface area contributed by atoms with Crippen LogP contribution >= 0.6 is 0 Å². The molecule has 2 rings (SSSR count). The molecule has 0 bridgehead atoms. The second-order valence-corrected chi connectivity index (χ2v) is 5.76. The zero-order valence-electron chi connectivity index (χ0n) is 10.9. The fourth-order valence-corrected chi connectivity index (χ4v) is 3.39. The molecule has 2 fully saturated rings. The summed E-state index contributed by atoms with van der Waals surface area (Å²) in [5, 5.41) is 9.30. The number of urea groups is 1. The maximum Gasteiger partial charge on any atom is 0.319 e. The minimum atomic E-state index is -0.109. The Balaban J connectivity index is 2.01. The third-order valence-electron chi connectivity index (χ3n) is 4.45. The number of carbonyl (C=O) groups excluding carboxylic acids is 1. The van der Waals surface area contributed by atoms with E-state index in [9.17, 15) is 10.1 Å². The van der Waals surface area contributed by atoms with Gasteiger partial charge in [-0.15, -0.1) is 0 Å². The summed E-state index contributed by atoms with van der Waals surface area (Å²) in [6, 6.07) is 2.62. The van der Waals surface area contributed by atoms with Crippen LogP contribution in [0.4, 0.5) is 4.79 Å². The van der Waals surface area contributed by atoms with Crippen molar-refractivity contribution in [3.63, 3.8) is 0 Å². The van der Waals surface area contributed by atoms with Crippen molar-refractivity contribution < 1.29 is 4.79 Å². The van der Waals surface area contributed by atoms with E-state index in [2.05, 4.69) is 13.0 Å². The van der Waals surface area contributed by atoms with Gasteiger partial charge in [0, 0.05) is 27.2 Å². The lowest BCUT2D eigenvalue weighted by Gasteiger charge is -2.25. The van der Waals surface area contributed by atoms with Crippen molar-refractivity contribution in [3.8, 4) is 6.07 Å². The summed E-state index contributed by atoms with van der Waals surface area (Å²) >= 11 is 0. The number of likely N-dealkylation sites (tertiary alicyclic amines) is 1. The van der Waals surface area contributed by atoms with Crippen molar-refractivity contribution in [1.82, 2.24) is 9.80 Å². The molecule has 4 nitrogen and oxygen atoms in total. The Morgan fingerprint density at radius 1 is 1.41 bits per heavy atom. The van der Waals surface area contributed by atoms with Crippen LogP contribution in [-0.4, -0.2) is 43.0 Å². The van der Waals surface area contributed by atoms with Gasteiger partial charge in [-0.05, 0) is 31.1 Å². The summed E-state index contributed by atoms with van der Waals surface area (Å²) in [7, 11) is 3.59. The standard InChI is InChI=1S/C13H21N3O/c1-4-13(9-14)5-10-7-16(8-11(10)6-13)12(17)15(2)3/h10-11H,4-8H2,1-3H3. The summed E-state index contributed by atoms with van der Waals surface area (Å²) < 4.78 is 0. The lowest BCUT2D eigenvalue weighted by molar-refractivity contribution is 0.175. The van der Waals surface area contributed by atoms with Crippen molar-refractivity contribution in [2.24, 2.45) is 17.3 Å². The first-order valence-electron chi connectivity index (χ1n) is 6.39. The maximum absolute atomic E-state index is 11.9. The molecule has 1 aliphatic heterocycles. The molecule has 0 spiro atoms. The number of nitrogens with zero attached hydrogens (tertiary/aromatic N) is 3. The number of carbonyl (C=O) groups is 1. The van der Waals surface area contributed by atoms with E-state index in [1.165, 1.54) is 0 Å². The van der Waals surface area contributed by atoms with Crippen LogP contribution in [0, 0.1) is 28.6 Å². The molecule has 0 aromatic rings. The minimum absolute atomic E-state index is 0.109. The zero-order valence-corrected chi connectivity index (χ0v) is 10.9. The van der Waals surface area contributed by atoms with Gasteiger partial charge in [-0.25, -0.2) is 4.79 Å². The van der Waals surface area contributed by atoms with Crippen LogP contribution in [-0.2, 0) is 0 Å². The van der Waals surface area contributed by atoms with Crippen LogP contribution in [0.25, 0.3) is 0 Å². The largest absolute Gasteiger partial charge is 0.331 e. The van der Waals surface area contributed by atoms with Crippen LogP contribution in [0.3, 0.4) is 0 Å². The summed E-state index contributed by atoms with van der Waals surface area (Å²) in [6.45, 7) is 3.78. The molecule has 1 heterocycles. The first-order valence-corrected chi connectivity index (χ1v) is 6.39. The molecular formula is C13H21N3O. The highest BCUT2D eigenvalue weighted by molar-refractivity contribution is 5.74. The lowest BCUT2D eigenvalue weighted by atomic mass is 9.83. The van der Waals surface area contributed by atoms with Gasteiger partial charge in [0.05, 0.1) is 11.5 Å². The normalized spacial score (nSPS) is 35.5. The molecule has 2 atom stereocenters. The van der Waals surface area contributed by atoms with Gasteiger partial charge in [-0.3, -0.25) is 0 Å². The second kappa shape index (κ2) is 4.21.